The molecule has 0 saturated carbocycles. The van der Waals surface area contributed by atoms with E-state index in [-0.39, 0.29) is 5.84 Å². The van der Waals surface area contributed by atoms with Crippen LogP contribution in [0.4, 0.5) is 21.9 Å². The lowest BCUT2D eigenvalue weighted by molar-refractivity contribution is -0.111. The molecule has 4 rings (SSSR count). The fraction of sp³-hybridized carbons (Fsp3) is 0.125. The van der Waals surface area contributed by atoms with Gasteiger partial charge in [-0.1, -0.05) is 76.2 Å². The van der Waals surface area contributed by atoms with E-state index >= 15 is 0 Å². The molecule has 11 heteroatoms. The Kier molecular flexibility index (Phi) is 7.50. The van der Waals surface area contributed by atoms with Crippen molar-refractivity contribution in [3.05, 3.63) is 88.9 Å². The average Bonchev–Trinajstić information content (AvgIpc) is 3.03. The van der Waals surface area contributed by atoms with Crippen molar-refractivity contribution in [2.75, 3.05) is 16.8 Å². The van der Waals surface area contributed by atoms with Crippen LogP contribution in [0, 0.1) is 0 Å². The molecule has 0 radical (unpaired) electrons. The van der Waals surface area contributed by atoms with Crippen molar-refractivity contribution in [1.82, 2.24) is 4.90 Å². The maximum Gasteiger partial charge on any atom is 0.337 e. The fourth-order valence-electron chi connectivity index (χ4n) is 3.55. The first-order valence-electron chi connectivity index (χ1n) is 10.2. The van der Waals surface area contributed by atoms with Crippen molar-refractivity contribution in [1.29, 1.82) is 0 Å². The summed E-state index contributed by atoms with van der Waals surface area (Å²) in [7, 11) is 1.44. The lowest BCUT2D eigenvalue weighted by Crippen LogP contribution is -2.42. The van der Waals surface area contributed by atoms with Crippen molar-refractivity contribution < 1.29 is 9.59 Å². The van der Waals surface area contributed by atoms with Crippen LogP contribution in [0.15, 0.2) is 83.9 Å². The molecular formula is C24H17Cl5N4O2. The minimum Gasteiger partial charge on any atom is -0.315 e. The number of aliphatic imine (C=N–C) groups is 1. The van der Waals surface area contributed by atoms with Gasteiger partial charge in [0.15, 0.2) is 6.17 Å². The Hall–Kier alpha value is -2.48. The second-order valence-corrected chi connectivity index (χ2v) is 10.8. The summed E-state index contributed by atoms with van der Waals surface area (Å²) in [6.45, 7) is 0. The first-order valence-corrected chi connectivity index (χ1v) is 12.1. The number of hydrogen-bond acceptors (Lipinski definition) is 4. The summed E-state index contributed by atoms with van der Waals surface area (Å²) >= 11 is 31.4. The third kappa shape index (κ3) is 5.37. The second kappa shape index (κ2) is 10.2. The van der Waals surface area contributed by atoms with Gasteiger partial charge >= 0.3 is 11.9 Å². The van der Waals surface area contributed by atoms with E-state index in [0.29, 0.717) is 27.1 Å². The normalized spacial score (nSPS) is 16.2. The molecule has 180 valence electrons. The van der Waals surface area contributed by atoms with Crippen molar-refractivity contribution in [3.8, 4) is 0 Å². The number of alkyl halides is 3. The molecule has 0 aromatic heterocycles. The molecule has 0 N–H and O–H groups in total. The lowest BCUT2D eigenvalue weighted by Gasteiger charge is -2.35. The monoisotopic (exact) mass is 568 g/mol. The zero-order valence-electron chi connectivity index (χ0n) is 18.1. The number of nitrogens with zero attached hydrogens (tertiary/aromatic N) is 4. The Morgan fingerprint density at radius 2 is 1.29 bits per heavy atom. The van der Waals surface area contributed by atoms with Crippen LogP contribution in [-0.2, 0) is 4.79 Å². The third-order valence-electron chi connectivity index (χ3n) is 5.20. The van der Waals surface area contributed by atoms with Crippen LogP contribution in [0.5, 0.6) is 0 Å². The Morgan fingerprint density at radius 1 is 0.800 bits per heavy atom. The fourth-order valence-corrected chi connectivity index (χ4v) is 4.24. The molecule has 0 aliphatic carbocycles. The highest BCUT2D eigenvalue weighted by Crippen LogP contribution is 2.41. The predicted octanol–water partition coefficient (Wildman–Crippen LogP) is 7.32. The van der Waals surface area contributed by atoms with E-state index < -0.39 is 21.9 Å². The topological polar surface area (TPSA) is 56.2 Å². The van der Waals surface area contributed by atoms with E-state index in [9.17, 15) is 9.59 Å². The van der Waals surface area contributed by atoms with Crippen molar-refractivity contribution in [3.63, 3.8) is 0 Å². The van der Waals surface area contributed by atoms with E-state index in [1.807, 2.05) is 0 Å². The molecule has 0 spiro atoms. The summed E-state index contributed by atoms with van der Waals surface area (Å²) in [4.78, 5) is 34.6. The molecule has 1 unspecified atom stereocenters. The number of amidine groups is 1. The summed E-state index contributed by atoms with van der Waals surface area (Å²) in [5.74, 6) is -0.821. The SMILES string of the molecule is CN1C(=O)N(c2ccccc2)C(=O)C1=NC(N(c1ccc(Cl)cc1)c1ccc(Cl)cc1)C(Cl)(Cl)Cl. The molecule has 35 heavy (non-hydrogen) atoms. The molecule has 0 bridgehead atoms. The number of urea groups is 1. The van der Waals surface area contributed by atoms with E-state index in [4.69, 9.17) is 58.0 Å². The van der Waals surface area contributed by atoms with Crippen LogP contribution in [-0.4, -0.2) is 39.7 Å². The predicted molar refractivity (Wildman–Crippen MR) is 144 cm³/mol. The number of imide groups is 1. The van der Waals surface area contributed by atoms with E-state index in [1.165, 1.54) is 7.05 Å². The van der Waals surface area contributed by atoms with Crippen LogP contribution in [0.3, 0.4) is 0 Å². The molecular weight excluding hydrogens is 554 g/mol. The number of halogens is 5. The number of carbonyl (C=O) groups is 2. The standard InChI is InChI=1S/C24H17Cl5N4O2/c1-31-20(21(34)33(23(31)35)17-5-3-2-4-6-17)30-22(24(27,28)29)32(18-11-7-15(25)8-12-18)19-13-9-16(26)10-14-19/h2-14,22H,1H3. The number of amides is 3. The Morgan fingerprint density at radius 3 is 1.74 bits per heavy atom. The Bertz CT molecular complexity index is 1220. The molecule has 3 amide bonds. The first-order chi connectivity index (χ1) is 16.6. The molecule has 1 saturated heterocycles. The van der Waals surface area contributed by atoms with Gasteiger partial charge < -0.3 is 4.90 Å². The molecule has 3 aromatic carbocycles. The van der Waals surface area contributed by atoms with Gasteiger partial charge in [-0.2, -0.15) is 0 Å². The molecule has 3 aromatic rings. The van der Waals surface area contributed by atoms with Crippen LogP contribution in [0.2, 0.25) is 10.0 Å². The van der Waals surface area contributed by atoms with Crippen molar-refractivity contribution >= 4 is 92.8 Å². The zero-order chi connectivity index (χ0) is 25.3. The van der Waals surface area contributed by atoms with Crippen LogP contribution >= 0.6 is 58.0 Å². The van der Waals surface area contributed by atoms with Gasteiger partial charge in [0.2, 0.25) is 9.63 Å². The van der Waals surface area contributed by atoms with Crippen molar-refractivity contribution in [2.24, 2.45) is 4.99 Å². The maximum absolute atomic E-state index is 13.3. The lowest BCUT2D eigenvalue weighted by atomic mass is 10.2. The smallest absolute Gasteiger partial charge is 0.315 e. The quantitative estimate of drug-likeness (QED) is 0.239. The number of para-hydroxylation sites is 1. The van der Waals surface area contributed by atoms with E-state index in [2.05, 4.69) is 4.99 Å². The average molecular weight is 571 g/mol. The minimum atomic E-state index is -2.02. The largest absolute Gasteiger partial charge is 0.337 e. The number of likely N-dealkylation sites (N-methyl/N-ethyl adjacent to an activating group) is 1. The van der Waals surface area contributed by atoms with Crippen molar-refractivity contribution in [2.45, 2.75) is 9.96 Å². The van der Waals surface area contributed by atoms with Gasteiger partial charge in [0.1, 0.15) is 0 Å². The van der Waals surface area contributed by atoms with Gasteiger partial charge in [-0.25, -0.2) is 14.7 Å². The summed E-state index contributed by atoms with van der Waals surface area (Å²) in [6, 6.07) is 21.5. The van der Waals surface area contributed by atoms with Gasteiger partial charge in [0.05, 0.1) is 5.69 Å². The van der Waals surface area contributed by atoms with Gasteiger partial charge in [-0.05, 0) is 60.7 Å². The Balaban J connectivity index is 1.85. The molecule has 1 fully saturated rings. The minimum absolute atomic E-state index is 0.178. The van der Waals surface area contributed by atoms with Crippen LogP contribution in [0.25, 0.3) is 0 Å². The number of anilines is 3. The number of carbonyl (C=O) groups excluding carboxylic acids is 2. The second-order valence-electron chi connectivity index (χ2n) is 7.51. The molecule has 1 aliphatic rings. The summed E-state index contributed by atoms with van der Waals surface area (Å²) in [6.07, 6.45) is -1.25. The number of rotatable bonds is 5. The molecule has 1 aliphatic heterocycles. The molecule has 6 nitrogen and oxygen atoms in total. The van der Waals surface area contributed by atoms with Gasteiger partial charge in [-0.15, -0.1) is 0 Å². The van der Waals surface area contributed by atoms with Gasteiger partial charge in [0.25, 0.3) is 0 Å². The molecule has 1 atom stereocenters. The van der Waals surface area contributed by atoms with Crippen LogP contribution < -0.4 is 9.80 Å². The summed E-state index contributed by atoms with van der Waals surface area (Å²) in [5, 5.41) is 1.02. The summed E-state index contributed by atoms with van der Waals surface area (Å²) in [5.41, 5.74) is 1.56. The van der Waals surface area contributed by atoms with E-state index in [0.717, 1.165) is 9.80 Å². The highest BCUT2D eigenvalue weighted by Gasteiger charge is 2.45. The van der Waals surface area contributed by atoms with E-state index in [1.54, 1.807) is 83.8 Å². The zero-order valence-corrected chi connectivity index (χ0v) is 21.9. The molecule has 1 heterocycles. The number of hydrogen-bond donors (Lipinski definition) is 0. The first kappa shape index (κ1) is 25.6. The Labute approximate surface area is 227 Å². The summed E-state index contributed by atoms with van der Waals surface area (Å²) < 4.78 is -2.02. The highest BCUT2D eigenvalue weighted by molar-refractivity contribution is 6.68. The van der Waals surface area contributed by atoms with Crippen LogP contribution in [0.1, 0.15) is 0 Å². The maximum atomic E-state index is 13.3. The third-order valence-corrected chi connectivity index (χ3v) is 6.29. The number of benzene rings is 3. The highest BCUT2D eigenvalue weighted by atomic mass is 35.6. The van der Waals surface area contributed by atoms with Gasteiger partial charge in [0, 0.05) is 28.5 Å². The van der Waals surface area contributed by atoms with Gasteiger partial charge in [-0.3, -0.25) is 9.69 Å².